The van der Waals surface area contributed by atoms with Crippen LogP contribution in [-0.4, -0.2) is 18.2 Å². The molecule has 0 fully saturated rings. The second kappa shape index (κ2) is 5.84. The number of hydrogen-bond acceptors (Lipinski definition) is 4. The van der Waals surface area contributed by atoms with Crippen LogP contribution in [0, 0.1) is 11.3 Å². The predicted molar refractivity (Wildman–Crippen MR) is 77.5 cm³/mol. The predicted octanol–water partition coefficient (Wildman–Crippen LogP) is 2.49. The van der Waals surface area contributed by atoms with Gasteiger partial charge in [-0.05, 0) is 24.3 Å². The first-order valence-corrected chi connectivity index (χ1v) is 6.04. The van der Waals surface area contributed by atoms with Crippen molar-refractivity contribution >= 4 is 17.4 Å². The molecule has 2 aromatic carbocycles. The Balaban J connectivity index is 2.66. The van der Waals surface area contributed by atoms with Crippen molar-refractivity contribution in [3.63, 3.8) is 0 Å². The minimum atomic E-state index is -0.801. The Morgan fingerprint density at radius 3 is 2.52 bits per heavy atom. The summed E-state index contributed by atoms with van der Waals surface area (Å²) in [6.45, 7) is 0. The number of aromatic hydroxyl groups is 1. The summed E-state index contributed by atoms with van der Waals surface area (Å²) >= 11 is 0. The van der Waals surface area contributed by atoms with Crippen molar-refractivity contribution in [2.45, 2.75) is 0 Å². The number of urea groups is 1. The first-order valence-electron chi connectivity index (χ1n) is 6.04. The molecule has 0 bridgehead atoms. The minimum Gasteiger partial charge on any atom is -0.504 e. The maximum Gasteiger partial charge on any atom is 0.324 e. The second-order valence-electron chi connectivity index (χ2n) is 4.13. The van der Waals surface area contributed by atoms with E-state index in [1.165, 1.54) is 19.2 Å². The highest BCUT2D eigenvalue weighted by atomic mass is 16.5. The topological polar surface area (TPSA) is 99.6 Å². The summed E-state index contributed by atoms with van der Waals surface area (Å²) in [7, 11) is 1.46. The van der Waals surface area contributed by atoms with E-state index in [1.807, 2.05) is 6.07 Å². The van der Waals surface area contributed by atoms with Gasteiger partial charge in [0.05, 0.1) is 24.0 Å². The number of benzene rings is 2. The van der Waals surface area contributed by atoms with Crippen LogP contribution in [0.15, 0.2) is 42.5 Å². The number of rotatable bonds is 3. The van der Waals surface area contributed by atoms with Gasteiger partial charge in [0.15, 0.2) is 5.75 Å². The van der Waals surface area contributed by atoms with Crippen LogP contribution in [0.2, 0.25) is 0 Å². The zero-order valence-electron chi connectivity index (χ0n) is 11.3. The van der Waals surface area contributed by atoms with Gasteiger partial charge in [0.2, 0.25) is 0 Å². The third-order valence-electron chi connectivity index (χ3n) is 2.92. The summed E-state index contributed by atoms with van der Waals surface area (Å²) in [6, 6.07) is 12.3. The maximum absolute atomic E-state index is 11.8. The number of methoxy groups -OCH3 is 1. The van der Waals surface area contributed by atoms with E-state index >= 15 is 0 Å². The molecule has 0 aliphatic carbocycles. The summed E-state index contributed by atoms with van der Waals surface area (Å²) in [5, 5.41) is 19.1. The number of hydrogen-bond donors (Lipinski definition) is 2. The van der Waals surface area contributed by atoms with E-state index in [2.05, 4.69) is 0 Å². The highest BCUT2D eigenvalue weighted by Crippen LogP contribution is 2.39. The van der Waals surface area contributed by atoms with E-state index in [0.717, 1.165) is 4.90 Å². The lowest BCUT2D eigenvalue weighted by atomic mass is 10.1. The Morgan fingerprint density at radius 1 is 1.24 bits per heavy atom. The van der Waals surface area contributed by atoms with Crippen molar-refractivity contribution < 1.29 is 14.6 Å². The molecule has 0 saturated carbocycles. The molecule has 0 unspecified atom stereocenters. The van der Waals surface area contributed by atoms with E-state index in [4.69, 9.17) is 15.7 Å². The Labute approximate surface area is 121 Å². The largest absolute Gasteiger partial charge is 0.504 e. The van der Waals surface area contributed by atoms with Crippen molar-refractivity contribution in [2.75, 3.05) is 12.0 Å². The monoisotopic (exact) mass is 283 g/mol. The lowest BCUT2D eigenvalue weighted by molar-refractivity contribution is 0.255. The molecular weight excluding hydrogens is 270 g/mol. The van der Waals surface area contributed by atoms with Gasteiger partial charge in [0.25, 0.3) is 0 Å². The van der Waals surface area contributed by atoms with Gasteiger partial charge in [0, 0.05) is 0 Å². The number of carbonyl (C=O) groups excluding carboxylic acids is 1. The average molecular weight is 283 g/mol. The van der Waals surface area contributed by atoms with Crippen LogP contribution in [0.1, 0.15) is 5.56 Å². The van der Waals surface area contributed by atoms with Crippen LogP contribution in [0.25, 0.3) is 0 Å². The summed E-state index contributed by atoms with van der Waals surface area (Å²) in [6.07, 6.45) is 0. The van der Waals surface area contributed by atoms with E-state index in [-0.39, 0.29) is 17.0 Å². The fraction of sp³-hybridized carbons (Fsp3) is 0.0667. The Bertz CT molecular complexity index is 722. The zero-order chi connectivity index (χ0) is 15.4. The van der Waals surface area contributed by atoms with Gasteiger partial charge in [-0.1, -0.05) is 18.2 Å². The molecule has 3 N–H and O–H groups in total. The average Bonchev–Trinajstić information content (AvgIpc) is 2.49. The van der Waals surface area contributed by atoms with Gasteiger partial charge in [-0.25, -0.2) is 4.79 Å². The van der Waals surface area contributed by atoms with E-state index in [0.29, 0.717) is 11.4 Å². The zero-order valence-corrected chi connectivity index (χ0v) is 11.3. The Kier molecular flexibility index (Phi) is 3.95. The van der Waals surface area contributed by atoms with E-state index in [1.54, 1.807) is 30.3 Å². The second-order valence-corrected chi connectivity index (χ2v) is 4.13. The first-order chi connectivity index (χ1) is 10.1. The van der Waals surface area contributed by atoms with Crippen LogP contribution in [0.5, 0.6) is 11.5 Å². The highest BCUT2D eigenvalue weighted by Gasteiger charge is 2.22. The molecule has 0 heterocycles. The summed E-state index contributed by atoms with van der Waals surface area (Å²) in [5.74, 6) is 0.0998. The maximum atomic E-state index is 11.8. The van der Waals surface area contributed by atoms with Crippen molar-refractivity contribution in [1.29, 1.82) is 5.26 Å². The number of nitriles is 1. The fourth-order valence-corrected chi connectivity index (χ4v) is 1.98. The minimum absolute atomic E-state index is 0.0497. The summed E-state index contributed by atoms with van der Waals surface area (Å²) in [4.78, 5) is 12.9. The molecule has 2 amide bonds. The number of phenolic OH excluding ortho intramolecular Hbond substituents is 1. The van der Waals surface area contributed by atoms with Crippen molar-refractivity contribution in [2.24, 2.45) is 5.73 Å². The fourth-order valence-electron chi connectivity index (χ4n) is 1.98. The molecule has 0 saturated heterocycles. The molecule has 106 valence electrons. The number of phenols is 1. The highest BCUT2D eigenvalue weighted by molar-refractivity contribution is 6.01. The van der Waals surface area contributed by atoms with Crippen molar-refractivity contribution in [3.05, 3.63) is 48.0 Å². The van der Waals surface area contributed by atoms with Gasteiger partial charge >= 0.3 is 6.03 Å². The molecule has 6 heteroatoms. The third kappa shape index (κ3) is 2.58. The SMILES string of the molecule is COc1ccccc1N(C(N)=O)c1cccc(C#N)c1O. The lowest BCUT2D eigenvalue weighted by Crippen LogP contribution is -2.31. The summed E-state index contributed by atoms with van der Waals surface area (Å²) < 4.78 is 5.20. The van der Waals surface area contributed by atoms with Gasteiger partial charge in [-0.15, -0.1) is 0 Å². The molecule has 0 aromatic heterocycles. The van der Waals surface area contributed by atoms with Crippen LogP contribution < -0.4 is 15.4 Å². The Morgan fingerprint density at radius 2 is 1.90 bits per heavy atom. The van der Waals surface area contributed by atoms with Crippen LogP contribution in [0.3, 0.4) is 0 Å². The molecule has 0 atom stereocenters. The number of nitrogens with two attached hydrogens (primary N) is 1. The standard InChI is InChI=1S/C15H13N3O3/c1-21-13-8-3-2-6-11(13)18(15(17)20)12-7-4-5-10(9-16)14(12)19/h2-8,19H,1H3,(H2,17,20). The third-order valence-corrected chi connectivity index (χ3v) is 2.92. The molecule has 21 heavy (non-hydrogen) atoms. The quantitative estimate of drug-likeness (QED) is 0.903. The molecule has 6 nitrogen and oxygen atoms in total. The molecular formula is C15H13N3O3. The Hall–Kier alpha value is -3.20. The molecule has 0 spiro atoms. The molecule has 2 aromatic rings. The number of anilines is 2. The van der Waals surface area contributed by atoms with Gasteiger partial charge in [0.1, 0.15) is 11.8 Å². The number of ether oxygens (including phenoxy) is 1. The number of primary amides is 1. The van der Waals surface area contributed by atoms with Crippen molar-refractivity contribution in [3.8, 4) is 17.6 Å². The number of para-hydroxylation sites is 3. The van der Waals surface area contributed by atoms with Gasteiger partial charge in [-0.3, -0.25) is 4.90 Å². The summed E-state index contributed by atoms with van der Waals surface area (Å²) in [5.41, 5.74) is 5.96. The molecule has 0 aliphatic heterocycles. The van der Waals surface area contributed by atoms with Gasteiger partial charge in [-0.2, -0.15) is 5.26 Å². The molecule has 2 rings (SSSR count). The molecule has 0 aliphatic rings. The number of carbonyl (C=O) groups is 1. The number of amides is 2. The smallest absolute Gasteiger partial charge is 0.324 e. The van der Waals surface area contributed by atoms with E-state index < -0.39 is 6.03 Å². The van der Waals surface area contributed by atoms with Crippen LogP contribution in [-0.2, 0) is 0 Å². The van der Waals surface area contributed by atoms with Crippen LogP contribution in [0.4, 0.5) is 16.2 Å². The first kappa shape index (κ1) is 14.2. The molecule has 0 radical (unpaired) electrons. The van der Waals surface area contributed by atoms with E-state index in [9.17, 15) is 9.90 Å². The van der Waals surface area contributed by atoms with Gasteiger partial charge < -0.3 is 15.6 Å². The normalized spacial score (nSPS) is 9.71. The van der Waals surface area contributed by atoms with Crippen LogP contribution >= 0.6 is 0 Å². The lowest BCUT2D eigenvalue weighted by Gasteiger charge is -2.23. The van der Waals surface area contributed by atoms with Crippen molar-refractivity contribution in [1.82, 2.24) is 0 Å². The number of nitrogens with zero attached hydrogens (tertiary/aromatic N) is 2.